The first-order chi connectivity index (χ1) is 8.01. The Bertz CT molecular complexity index is 402. The fourth-order valence-corrected chi connectivity index (χ4v) is 1.94. The molecule has 0 aliphatic heterocycles. The van der Waals surface area contributed by atoms with Gasteiger partial charge in [-0.05, 0) is 37.2 Å². The van der Waals surface area contributed by atoms with Crippen LogP contribution in [-0.2, 0) is 4.79 Å². The van der Waals surface area contributed by atoms with Gasteiger partial charge in [-0.2, -0.15) is 0 Å². The van der Waals surface area contributed by atoms with E-state index in [-0.39, 0.29) is 5.82 Å². The standard InChI is InChI=1S/C13H18FNO2/c1-4-15(5-2)12(13(16)17)10-6-7-11(14)9(3)8-10/h6-8,12H,4-5H2,1-3H3,(H,16,17). The van der Waals surface area contributed by atoms with Gasteiger partial charge in [-0.1, -0.05) is 26.0 Å². The number of carboxylic acids is 1. The van der Waals surface area contributed by atoms with Crippen molar-refractivity contribution in [1.29, 1.82) is 0 Å². The van der Waals surface area contributed by atoms with Crippen LogP contribution in [0.4, 0.5) is 4.39 Å². The maximum atomic E-state index is 13.2. The lowest BCUT2D eigenvalue weighted by atomic mass is 10.0. The van der Waals surface area contributed by atoms with E-state index >= 15 is 0 Å². The van der Waals surface area contributed by atoms with Crippen molar-refractivity contribution in [2.75, 3.05) is 13.1 Å². The van der Waals surface area contributed by atoms with Crippen molar-refractivity contribution in [1.82, 2.24) is 4.90 Å². The van der Waals surface area contributed by atoms with Crippen LogP contribution in [0.3, 0.4) is 0 Å². The van der Waals surface area contributed by atoms with Crippen molar-refractivity contribution in [3.05, 3.63) is 35.1 Å². The SMILES string of the molecule is CCN(CC)C(C(=O)O)c1ccc(F)c(C)c1. The summed E-state index contributed by atoms with van der Waals surface area (Å²) in [7, 11) is 0. The number of halogens is 1. The zero-order valence-corrected chi connectivity index (χ0v) is 10.4. The molecule has 1 aromatic carbocycles. The summed E-state index contributed by atoms with van der Waals surface area (Å²) in [4.78, 5) is 13.1. The van der Waals surface area contributed by atoms with E-state index in [0.29, 0.717) is 24.2 Å². The van der Waals surface area contributed by atoms with Crippen LogP contribution in [0.2, 0.25) is 0 Å². The van der Waals surface area contributed by atoms with Gasteiger partial charge in [0.05, 0.1) is 0 Å². The number of nitrogens with zero attached hydrogens (tertiary/aromatic N) is 1. The highest BCUT2D eigenvalue weighted by Crippen LogP contribution is 2.22. The summed E-state index contributed by atoms with van der Waals surface area (Å²) >= 11 is 0. The fraction of sp³-hybridized carbons (Fsp3) is 0.462. The Morgan fingerprint density at radius 2 is 2.00 bits per heavy atom. The molecular formula is C13H18FNO2. The largest absolute Gasteiger partial charge is 0.480 e. The number of aryl methyl sites for hydroxylation is 1. The molecule has 1 rings (SSSR count). The average Bonchev–Trinajstić information content (AvgIpc) is 2.29. The van der Waals surface area contributed by atoms with Gasteiger partial charge in [0, 0.05) is 0 Å². The van der Waals surface area contributed by atoms with Crippen LogP contribution < -0.4 is 0 Å². The molecule has 0 saturated heterocycles. The second-order valence-electron chi connectivity index (χ2n) is 3.97. The molecule has 0 heterocycles. The number of hydrogen-bond donors (Lipinski definition) is 1. The van der Waals surface area contributed by atoms with Gasteiger partial charge < -0.3 is 5.11 Å². The van der Waals surface area contributed by atoms with Crippen molar-refractivity contribution in [2.45, 2.75) is 26.8 Å². The maximum Gasteiger partial charge on any atom is 0.325 e. The molecule has 0 fully saturated rings. The highest BCUT2D eigenvalue weighted by Gasteiger charge is 2.25. The smallest absolute Gasteiger partial charge is 0.325 e. The van der Waals surface area contributed by atoms with Gasteiger partial charge in [0.15, 0.2) is 0 Å². The van der Waals surface area contributed by atoms with Crippen LogP contribution in [0.25, 0.3) is 0 Å². The highest BCUT2D eigenvalue weighted by molar-refractivity contribution is 5.75. The van der Waals surface area contributed by atoms with Gasteiger partial charge in [0.2, 0.25) is 0 Å². The molecule has 0 saturated carbocycles. The zero-order chi connectivity index (χ0) is 13.0. The normalized spacial score (nSPS) is 12.8. The molecular weight excluding hydrogens is 221 g/mol. The van der Waals surface area contributed by atoms with Crippen molar-refractivity contribution < 1.29 is 14.3 Å². The van der Waals surface area contributed by atoms with Gasteiger partial charge in [-0.15, -0.1) is 0 Å². The molecule has 1 N–H and O–H groups in total. The Morgan fingerprint density at radius 1 is 1.41 bits per heavy atom. The molecule has 3 nitrogen and oxygen atoms in total. The van der Waals surface area contributed by atoms with Crippen molar-refractivity contribution in [3.63, 3.8) is 0 Å². The van der Waals surface area contributed by atoms with E-state index in [1.807, 2.05) is 18.7 Å². The molecule has 1 atom stereocenters. The average molecular weight is 239 g/mol. The molecule has 1 aromatic rings. The summed E-state index contributed by atoms with van der Waals surface area (Å²) in [6, 6.07) is 3.76. The first-order valence-corrected chi connectivity index (χ1v) is 5.74. The molecule has 0 spiro atoms. The quantitative estimate of drug-likeness (QED) is 0.858. The number of hydrogen-bond acceptors (Lipinski definition) is 2. The van der Waals surface area contributed by atoms with Gasteiger partial charge in [0.1, 0.15) is 11.9 Å². The van der Waals surface area contributed by atoms with Crippen LogP contribution in [0, 0.1) is 12.7 Å². The molecule has 0 aromatic heterocycles. The minimum Gasteiger partial charge on any atom is -0.480 e. The molecule has 0 aliphatic rings. The molecule has 17 heavy (non-hydrogen) atoms. The van der Waals surface area contributed by atoms with Crippen molar-refractivity contribution in [2.24, 2.45) is 0 Å². The third-order valence-electron chi connectivity index (χ3n) is 2.91. The fourth-order valence-electron chi connectivity index (χ4n) is 1.94. The first kappa shape index (κ1) is 13.6. The van der Waals surface area contributed by atoms with Gasteiger partial charge >= 0.3 is 5.97 Å². The summed E-state index contributed by atoms with van der Waals surface area (Å²) in [5, 5.41) is 9.28. The Balaban J connectivity index is 3.13. The van der Waals surface area contributed by atoms with Gasteiger partial charge in [-0.3, -0.25) is 9.69 Å². The Hall–Kier alpha value is -1.42. The lowest BCUT2D eigenvalue weighted by Crippen LogP contribution is -2.33. The predicted octanol–water partition coefficient (Wildman–Crippen LogP) is 2.60. The van der Waals surface area contributed by atoms with E-state index in [1.165, 1.54) is 6.07 Å². The lowest BCUT2D eigenvalue weighted by Gasteiger charge is -2.26. The van der Waals surface area contributed by atoms with Crippen molar-refractivity contribution in [3.8, 4) is 0 Å². The highest BCUT2D eigenvalue weighted by atomic mass is 19.1. The van der Waals surface area contributed by atoms with Crippen LogP contribution in [0.1, 0.15) is 31.0 Å². The van der Waals surface area contributed by atoms with Crippen molar-refractivity contribution >= 4 is 5.97 Å². The summed E-state index contributed by atoms with van der Waals surface area (Å²) < 4.78 is 13.2. The molecule has 4 heteroatoms. The summed E-state index contributed by atoms with van der Waals surface area (Å²) in [5.74, 6) is -1.21. The molecule has 0 amide bonds. The second-order valence-corrected chi connectivity index (χ2v) is 3.97. The van der Waals surface area contributed by atoms with Crippen LogP contribution in [0.5, 0.6) is 0 Å². The van der Waals surface area contributed by atoms with Gasteiger partial charge in [-0.25, -0.2) is 4.39 Å². The van der Waals surface area contributed by atoms with E-state index in [1.54, 1.807) is 19.1 Å². The van der Waals surface area contributed by atoms with Crippen LogP contribution >= 0.6 is 0 Å². The first-order valence-electron chi connectivity index (χ1n) is 5.74. The summed E-state index contributed by atoms with van der Waals surface area (Å²) in [6.07, 6.45) is 0. The van der Waals surface area contributed by atoms with E-state index < -0.39 is 12.0 Å². The van der Waals surface area contributed by atoms with E-state index in [2.05, 4.69) is 0 Å². The lowest BCUT2D eigenvalue weighted by molar-refractivity contribution is -0.143. The molecule has 0 bridgehead atoms. The molecule has 0 radical (unpaired) electrons. The second kappa shape index (κ2) is 5.77. The number of carbonyl (C=O) groups is 1. The Kier molecular flexibility index (Phi) is 4.63. The number of benzene rings is 1. The number of carboxylic acid groups (broad SMARTS) is 1. The number of rotatable bonds is 5. The van der Waals surface area contributed by atoms with E-state index in [4.69, 9.17) is 0 Å². The summed E-state index contributed by atoms with van der Waals surface area (Å²) in [5.41, 5.74) is 1.10. The van der Waals surface area contributed by atoms with E-state index in [9.17, 15) is 14.3 Å². The topological polar surface area (TPSA) is 40.5 Å². The Labute approximate surface area is 101 Å². The molecule has 0 aliphatic carbocycles. The van der Waals surface area contributed by atoms with Crippen LogP contribution in [-0.4, -0.2) is 29.1 Å². The minimum atomic E-state index is -0.903. The number of likely N-dealkylation sites (N-methyl/N-ethyl adjacent to an activating group) is 1. The van der Waals surface area contributed by atoms with Crippen LogP contribution in [0.15, 0.2) is 18.2 Å². The minimum absolute atomic E-state index is 0.308. The third-order valence-corrected chi connectivity index (χ3v) is 2.91. The number of aliphatic carboxylic acids is 1. The van der Waals surface area contributed by atoms with E-state index in [0.717, 1.165) is 0 Å². The predicted molar refractivity (Wildman–Crippen MR) is 64.4 cm³/mol. The third kappa shape index (κ3) is 3.03. The molecule has 1 unspecified atom stereocenters. The maximum absolute atomic E-state index is 13.2. The zero-order valence-electron chi connectivity index (χ0n) is 10.4. The molecule has 94 valence electrons. The Morgan fingerprint density at radius 3 is 2.41 bits per heavy atom. The monoisotopic (exact) mass is 239 g/mol. The van der Waals surface area contributed by atoms with Gasteiger partial charge in [0.25, 0.3) is 0 Å². The summed E-state index contributed by atoms with van der Waals surface area (Å²) in [6.45, 7) is 6.75.